The Morgan fingerprint density at radius 1 is 0.571 bits per heavy atom. The van der Waals surface area contributed by atoms with Gasteiger partial charge in [0.25, 0.3) is 0 Å². The topological polar surface area (TPSA) is 80.9 Å². The molecule has 0 fully saturated rings. The Morgan fingerprint density at radius 2 is 0.762 bits per heavy atom. The average Bonchev–Trinajstić information content (AvgIpc) is 2.40. The fourth-order valence-electron chi connectivity index (χ4n) is 2.78. The van der Waals surface area contributed by atoms with Crippen LogP contribution in [0.2, 0.25) is 0 Å². The highest BCUT2D eigenvalue weighted by Crippen LogP contribution is 2.41. The van der Waals surface area contributed by atoms with Crippen molar-refractivity contribution in [2.24, 2.45) is 5.41 Å². The number of hydrogen-bond donors (Lipinski definition) is 4. The maximum atomic E-state index is 10.5. The number of aliphatic hydroxyl groups excluding tert-OH is 4. The second-order valence-corrected chi connectivity index (χ2v) is 5.16. The maximum absolute atomic E-state index is 10.5. The smallest absolute Gasteiger partial charge is 0.0751 e. The predicted molar refractivity (Wildman–Crippen MR) is 85.7 cm³/mol. The molecule has 0 radical (unpaired) electrons. The molecule has 0 aliphatic rings. The molecule has 0 spiro atoms. The van der Waals surface area contributed by atoms with Gasteiger partial charge in [-0.3, -0.25) is 0 Å². The molecule has 4 atom stereocenters. The summed E-state index contributed by atoms with van der Waals surface area (Å²) < 4.78 is 0. The molecule has 4 unspecified atom stereocenters. The van der Waals surface area contributed by atoms with E-state index in [9.17, 15) is 20.4 Å². The molecule has 120 valence electrons. The summed E-state index contributed by atoms with van der Waals surface area (Å²) >= 11 is 0. The van der Waals surface area contributed by atoms with Crippen LogP contribution in [0.4, 0.5) is 0 Å². The van der Waals surface area contributed by atoms with E-state index in [4.69, 9.17) is 0 Å². The molecule has 0 bridgehead atoms. The molecule has 0 aliphatic carbocycles. The molecule has 0 amide bonds. The van der Waals surface area contributed by atoms with Gasteiger partial charge in [0.15, 0.2) is 0 Å². The van der Waals surface area contributed by atoms with E-state index >= 15 is 0 Å². The van der Waals surface area contributed by atoms with Crippen molar-refractivity contribution in [2.45, 2.75) is 50.1 Å². The third-order valence-corrected chi connectivity index (χ3v) is 3.87. The van der Waals surface area contributed by atoms with Gasteiger partial charge in [-0.25, -0.2) is 0 Å². The molecule has 0 aromatic carbocycles. The van der Waals surface area contributed by atoms with Gasteiger partial charge in [0, 0.05) is 0 Å². The fourth-order valence-corrected chi connectivity index (χ4v) is 2.78. The van der Waals surface area contributed by atoms with Crippen molar-refractivity contribution in [1.82, 2.24) is 0 Å². The zero-order valence-electron chi connectivity index (χ0n) is 12.6. The Bertz CT molecular complexity index is 281. The van der Waals surface area contributed by atoms with Crippen LogP contribution in [0.3, 0.4) is 0 Å². The second-order valence-electron chi connectivity index (χ2n) is 5.16. The van der Waals surface area contributed by atoms with Crippen molar-refractivity contribution in [3.8, 4) is 0 Å². The number of rotatable bonds is 12. The average molecular weight is 296 g/mol. The van der Waals surface area contributed by atoms with Gasteiger partial charge < -0.3 is 20.4 Å². The Balaban J connectivity index is 5.88. The fraction of sp³-hybridized carbons (Fsp3) is 0.529. The van der Waals surface area contributed by atoms with Gasteiger partial charge in [-0.2, -0.15) is 0 Å². The quantitative estimate of drug-likeness (QED) is 0.413. The Kier molecular flexibility index (Phi) is 9.13. The van der Waals surface area contributed by atoms with Crippen LogP contribution in [0, 0.1) is 5.41 Å². The molecule has 4 heteroatoms. The number of hydrogen-bond acceptors (Lipinski definition) is 4. The summed E-state index contributed by atoms with van der Waals surface area (Å²) in [6, 6.07) is 0. The first-order valence-electron chi connectivity index (χ1n) is 7.09. The molecule has 0 rings (SSSR count). The van der Waals surface area contributed by atoms with E-state index in [-0.39, 0.29) is 25.7 Å². The molecule has 21 heavy (non-hydrogen) atoms. The Morgan fingerprint density at radius 3 is 0.905 bits per heavy atom. The van der Waals surface area contributed by atoms with Crippen LogP contribution < -0.4 is 0 Å². The van der Waals surface area contributed by atoms with Crippen molar-refractivity contribution < 1.29 is 20.4 Å². The van der Waals surface area contributed by atoms with E-state index in [0.717, 1.165) is 0 Å². The SMILES string of the molecule is C=CCC(O)C(C(O)CC=C)(C(O)CC=C)C(O)CC=C. The Hall–Kier alpha value is -1.20. The summed E-state index contributed by atoms with van der Waals surface area (Å²) in [5.41, 5.74) is -1.52. The third-order valence-electron chi connectivity index (χ3n) is 3.87. The molecular weight excluding hydrogens is 268 g/mol. The van der Waals surface area contributed by atoms with E-state index in [2.05, 4.69) is 26.3 Å². The number of aliphatic hydroxyl groups is 4. The first-order valence-corrected chi connectivity index (χ1v) is 7.09. The van der Waals surface area contributed by atoms with Crippen molar-refractivity contribution in [3.63, 3.8) is 0 Å². The van der Waals surface area contributed by atoms with Crippen LogP contribution in [-0.4, -0.2) is 44.8 Å². The van der Waals surface area contributed by atoms with Crippen molar-refractivity contribution in [2.75, 3.05) is 0 Å². The molecule has 0 heterocycles. The van der Waals surface area contributed by atoms with Crippen molar-refractivity contribution in [3.05, 3.63) is 50.6 Å². The molecule has 0 saturated heterocycles. The monoisotopic (exact) mass is 296 g/mol. The lowest BCUT2D eigenvalue weighted by Gasteiger charge is -2.47. The molecule has 0 aliphatic heterocycles. The van der Waals surface area contributed by atoms with Gasteiger partial charge in [-0.05, 0) is 25.7 Å². The largest absolute Gasteiger partial charge is 0.392 e. The maximum Gasteiger partial charge on any atom is 0.0751 e. The van der Waals surface area contributed by atoms with E-state index in [1.54, 1.807) is 0 Å². The summed E-state index contributed by atoms with van der Waals surface area (Å²) in [6.45, 7) is 14.3. The van der Waals surface area contributed by atoms with Crippen LogP contribution in [0.15, 0.2) is 50.6 Å². The van der Waals surface area contributed by atoms with E-state index < -0.39 is 29.8 Å². The van der Waals surface area contributed by atoms with Crippen LogP contribution in [0.25, 0.3) is 0 Å². The highest BCUT2D eigenvalue weighted by Gasteiger charge is 2.53. The molecular formula is C17H28O4. The van der Waals surface area contributed by atoms with Gasteiger partial charge in [0.1, 0.15) is 0 Å². The van der Waals surface area contributed by atoms with E-state index in [1.807, 2.05) is 0 Å². The molecule has 0 aromatic heterocycles. The van der Waals surface area contributed by atoms with Gasteiger partial charge in [-0.1, -0.05) is 24.3 Å². The predicted octanol–water partition coefficient (Wildman–Crippen LogP) is 1.72. The van der Waals surface area contributed by atoms with Gasteiger partial charge >= 0.3 is 0 Å². The van der Waals surface area contributed by atoms with Crippen LogP contribution in [-0.2, 0) is 0 Å². The Labute approximate surface area is 127 Å². The summed E-state index contributed by atoms with van der Waals surface area (Å²) in [4.78, 5) is 0. The zero-order valence-corrected chi connectivity index (χ0v) is 12.6. The minimum atomic E-state index is -1.52. The van der Waals surface area contributed by atoms with Crippen LogP contribution in [0.1, 0.15) is 25.7 Å². The molecule has 4 N–H and O–H groups in total. The second kappa shape index (κ2) is 9.68. The zero-order chi connectivity index (χ0) is 16.5. The van der Waals surface area contributed by atoms with Crippen molar-refractivity contribution in [1.29, 1.82) is 0 Å². The van der Waals surface area contributed by atoms with Crippen LogP contribution in [0.5, 0.6) is 0 Å². The minimum Gasteiger partial charge on any atom is -0.392 e. The van der Waals surface area contributed by atoms with Gasteiger partial charge in [-0.15, -0.1) is 26.3 Å². The van der Waals surface area contributed by atoms with E-state index in [0.29, 0.717) is 0 Å². The van der Waals surface area contributed by atoms with E-state index in [1.165, 1.54) is 24.3 Å². The van der Waals surface area contributed by atoms with Crippen LogP contribution >= 0.6 is 0 Å². The van der Waals surface area contributed by atoms with Gasteiger partial charge in [0.05, 0.1) is 29.8 Å². The first kappa shape index (κ1) is 19.8. The lowest BCUT2D eigenvalue weighted by atomic mass is 9.64. The standard InChI is InChI=1S/C17H28O4/c1-5-9-13(18)17(14(19)10-6-2,15(20)11-7-3)16(21)12-8-4/h5-8,13-16,18-21H,1-4,9-12H2. The highest BCUT2D eigenvalue weighted by atomic mass is 16.3. The lowest BCUT2D eigenvalue weighted by Crippen LogP contribution is -2.60. The summed E-state index contributed by atoms with van der Waals surface area (Å²) in [5.74, 6) is 0. The summed E-state index contributed by atoms with van der Waals surface area (Å²) in [6.07, 6.45) is 1.86. The van der Waals surface area contributed by atoms with Gasteiger partial charge in [0.2, 0.25) is 0 Å². The highest BCUT2D eigenvalue weighted by molar-refractivity contribution is 5.07. The molecule has 4 nitrogen and oxygen atoms in total. The third kappa shape index (κ3) is 4.38. The molecule has 0 saturated carbocycles. The lowest BCUT2D eigenvalue weighted by molar-refractivity contribution is -0.190. The van der Waals surface area contributed by atoms with Crippen molar-refractivity contribution >= 4 is 0 Å². The molecule has 0 aromatic rings. The first-order chi connectivity index (χ1) is 9.93. The normalized spacial score (nSPS) is 19.6. The summed E-state index contributed by atoms with van der Waals surface area (Å²) in [7, 11) is 0. The summed E-state index contributed by atoms with van der Waals surface area (Å²) in [5, 5.41) is 42.0. The minimum absolute atomic E-state index is 0.136.